The van der Waals surface area contributed by atoms with Crippen molar-refractivity contribution < 1.29 is 8.42 Å². The highest BCUT2D eigenvalue weighted by atomic mass is 35.5. The van der Waals surface area contributed by atoms with Crippen molar-refractivity contribution >= 4 is 27.4 Å². The maximum Gasteiger partial charge on any atom is 0.264 e. The van der Waals surface area contributed by atoms with Crippen molar-refractivity contribution in [3.05, 3.63) is 52.7 Å². The number of nitrogens with zero attached hydrogens (tertiary/aromatic N) is 2. The van der Waals surface area contributed by atoms with Crippen molar-refractivity contribution in [3.63, 3.8) is 0 Å². The fourth-order valence-electron chi connectivity index (χ4n) is 1.50. The average molecular weight is 308 g/mol. The van der Waals surface area contributed by atoms with Crippen molar-refractivity contribution in [3.8, 4) is 6.07 Å². The van der Waals surface area contributed by atoms with Crippen LogP contribution in [-0.4, -0.2) is 13.4 Å². The van der Waals surface area contributed by atoms with Crippen LogP contribution in [-0.2, 0) is 10.0 Å². The van der Waals surface area contributed by atoms with E-state index in [1.807, 2.05) is 13.0 Å². The van der Waals surface area contributed by atoms with Crippen molar-refractivity contribution in [2.24, 2.45) is 0 Å². The standard InChI is InChI=1S/C13H10ClN3O2S/c1-9-2-5-13(16-8-9)17-20(18,19)12-6-10(7-15)3-4-11(12)14/h2-6,8H,1H3,(H,16,17). The second kappa shape index (κ2) is 5.49. The van der Waals surface area contributed by atoms with E-state index >= 15 is 0 Å². The van der Waals surface area contributed by atoms with Gasteiger partial charge in [-0.2, -0.15) is 5.26 Å². The molecule has 0 unspecified atom stereocenters. The summed E-state index contributed by atoms with van der Waals surface area (Å²) in [7, 11) is -3.89. The summed E-state index contributed by atoms with van der Waals surface area (Å²) in [6.07, 6.45) is 1.55. The minimum absolute atomic E-state index is 0.0450. The van der Waals surface area contributed by atoms with Gasteiger partial charge in [-0.25, -0.2) is 13.4 Å². The van der Waals surface area contributed by atoms with Gasteiger partial charge in [0.05, 0.1) is 16.7 Å². The SMILES string of the molecule is Cc1ccc(NS(=O)(=O)c2cc(C#N)ccc2Cl)nc1. The number of hydrogen-bond donors (Lipinski definition) is 1. The minimum atomic E-state index is -3.89. The Bertz CT molecular complexity index is 780. The number of aryl methyl sites for hydroxylation is 1. The molecular weight excluding hydrogens is 298 g/mol. The number of halogens is 1. The molecule has 0 spiro atoms. The fraction of sp³-hybridized carbons (Fsp3) is 0.0769. The zero-order chi connectivity index (χ0) is 14.8. The van der Waals surface area contributed by atoms with Gasteiger partial charge in [0.25, 0.3) is 10.0 Å². The third-order valence-electron chi connectivity index (χ3n) is 2.50. The molecule has 0 bridgehead atoms. The predicted molar refractivity (Wildman–Crippen MR) is 75.9 cm³/mol. The van der Waals surface area contributed by atoms with E-state index < -0.39 is 10.0 Å². The van der Waals surface area contributed by atoms with E-state index in [1.165, 1.54) is 18.2 Å². The van der Waals surface area contributed by atoms with Crippen LogP contribution in [0.25, 0.3) is 0 Å². The van der Waals surface area contributed by atoms with E-state index in [0.29, 0.717) is 0 Å². The highest BCUT2D eigenvalue weighted by molar-refractivity contribution is 7.92. The maximum atomic E-state index is 12.2. The molecule has 0 atom stereocenters. The van der Waals surface area contributed by atoms with Crippen LogP contribution in [0.5, 0.6) is 0 Å². The molecule has 1 N–H and O–H groups in total. The first-order chi connectivity index (χ1) is 9.42. The molecule has 2 aromatic rings. The lowest BCUT2D eigenvalue weighted by Gasteiger charge is -2.09. The Labute approximate surface area is 121 Å². The Morgan fingerprint density at radius 1 is 1.30 bits per heavy atom. The number of pyridine rings is 1. The second-order valence-corrected chi connectivity index (χ2v) is 6.14. The number of sulfonamides is 1. The summed E-state index contributed by atoms with van der Waals surface area (Å²) in [6, 6.07) is 9.20. The normalized spacial score (nSPS) is 10.8. The van der Waals surface area contributed by atoms with Crippen molar-refractivity contribution in [2.45, 2.75) is 11.8 Å². The molecule has 0 saturated carbocycles. The van der Waals surface area contributed by atoms with Gasteiger partial charge in [-0.05, 0) is 36.8 Å². The van der Waals surface area contributed by atoms with Crippen molar-refractivity contribution in [1.29, 1.82) is 5.26 Å². The van der Waals surface area contributed by atoms with Crippen LogP contribution in [0.15, 0.2) is 41.4 Å². The first-order valence-corrected chi connectivity index (χ1v) is 7.43. The van der Waals surface area contributed by atoms with E-state index in [4.69, 9.17) is 16.9 Å². The summed E-state index contributed by atoms with van der Waals surface area (Å²) in [5.74, 6) is 0.189. The molecule has 1 aromatic heterocycles. The number of nitriles is 1. The van der Waals surface area contributed by atoms with Crippen molar-refractivity contribution in [2.75, 3.05) is 4.72 Å². The molecule has 0 aliphatic heterocycles. The van der Waals surface area contributed by atoms with Gasteiger partial charge >= 0.3 is 0 Å². The van der Waals surface area contributed by atoms with Gasteiger partial charge in [0, 0.05) is 6.20 Å². The summed E-state index contributed by atoms with van der Waals surface area (Å²) in [5.41, 5.74) is 1.13. The van der Waals surface area contributed by atoms with Crippen LogP contribution in [0.2, 0.25) is 5.02 Å². The zero-order valence-electron chi connectivity index (χ0n) is 10.5. The Morgan fingerprint density at radius 3 is 2.65 bits per heavy atom. The topological polar surface area (TPSA) is 82.9 Å². The van der Waals surface area contributed by atoms with Gasteiger partial charge in [-0.15, -0.1) is 0 Å². The van der Waals surface area contributed by atoms with Gasteiger partial charge in [0.1, 0.15) is 10.7 Å². The molecule has 102 valence electrons. The lowest BCUT2D eigenvalue weighted by molar-refractivity contribution is 0.601. The van der Waals surface area contributed by atoms with Crippen LogP contribution >= 0.6 is 11.6 Å². The van der Waals surface area contributed by atoms with Gasteiger partial charge in [-0.3, -0.25) is 4.72 Å². The number of nitrogens with one attached hydrogen (secondary N) is 1. The van der Waals surface area contributed by atoms with E-state index in [0.717, 1.165) is 5.56 Å². The lowest BCUT2D eigenvalue weighted by Crippen LogP contribution is -2.14. The Hall–Kier alpha value is -2.10. The molecule has 1 aromatic carbocycles. The Balaban J connectivity index is 2.40. The smallest absolute Gasteiger partial charge is 0.263 e. The number of benzene rings is 1. The van der Waals surface area contributed by atoms with Gasteiger partial charge in [0.2, 0.25) is 0 Å². The largest absolute Gasteiger partial charge is 0.264 e. The van der Waals surface area contributed by atoms with Crippen LogP contribution < -0.4 is 4.72 Å². The van der Waals surface area contributed by atoms with E-state index in [1.54, 1.807) is 18.3 Å². The quantitative estimate of drug-likeness (QED) is 0.945. The number of hydrogen-bond acceptors (Lipinski definition) is 4. The number of aromatic nitrogens is 1. The van der Waals surface area contributed by atoms with Gasteiger partial charge in [-0.1, -0.05) is 17.7 Å². The molecule has 0 amide bonds. The van der Waals surface area contributed by atoms with Crippen LogP contribution in [0, 0.1) is 18.3 Å². The highest BCUT2D eigenvalue weighted by Crippen LogP contribution is 2.24. The molecule has 2 rings (SSSR count). The van der Waals surface area contributed by atoms with Gasteiger partial charge < -0.3 is 0 Å². The molecular formula is C13H10ClN3O2S. The summed E-state index contributed by atoms with van der Waals surface area (Å²) < 4.78 is 26.8. The highest BCUT2D eigenvalue weighted by Gasteiger charge is 2.19. The molecule has 0 aliphatic carbocycles. The Morgan fingerprint density at radius 2 is 2.05 bits per heavy atom. The summed E-state index contributed by atoms with van der Waals surface area (Å²) in [4.78, 5) is 3.81. The molecule has 7 heteroatoms. The molecule has 0 radical (unpaired) electrons. The van der Waals surface area contributed by atoms with Crippen LogP contribution in [0.1, 0.15) is 11.1 Å². The third kappa shape index (κ3) is 3.07. The maximum absolute atomic E-state index is 12.2. The van der Waals surface area contributed by atoms with E-state index in [-0.39, 0.29) is 21.3 Å². The van der Waals surface area contributed by atoms with Crippen LogP contribution in [0.4, 0.5) is 5.82 Å². The third-order valence-corrected chi connectivity index (χ3v) is 4.34. The van der Waals surface area contributed by atoms with Crippen molar-refractivity contribution in [1.82, 2.24) is 4.98 Å². The Kier molecular flexibility index (Phi) is 3.93. The lowest BCUT2D eigenvalue weighted by atomic mass is 10.2. The summed E-state index contributed by atoms with van der Waals surface area (Å²) >= 11 is 5.88. The van der Waals surface area contributed by atoms with Crippen LogP contribution in [0.3, 0.4) is 0 Å². The summed E-state index contributed by atoms with van der Waals surface area (Å²) in [6.45, 7) is 1.85. The second-order valence-electron chi connectivity index (χ2n) is 4.08. The van der Waals surface area contributed by atoms with Gasteiger partial charge in [0.15, 0.2) is 0 Å². The van der Waals surface area contributed by atoms with E-state index in [9.17, 15) is 8.42 Å². The number of anilines is 1. The molecule has 20 heavy (non-hydrogen) atoms. The average Bonchev–Trinajstić information content (AvgIpc) is 2.41. The minimum Gasteiger partial charge on any atom is -0.263 e. The monoisotopic (exact) mass is 307 g/mol. The fourth-order valence-corrected chi connectivity index (χ4v) is 3.03. The summed E-state index contributed by atoms with van der Waals surface area (Å²) in [5, 5.41) is 8.86. The zero-order valence-corrected chi connectivity index (χ0v) is 12.0. The van der Waals surface area contributed by atoms with E-state index in [2.05, 4.69) is 9.71 Å². The molecule has 5 nitrogen and oxygen atoms in total. The molecule has 0 aliphatic rings. The molecule has 0 fully saturated rings. The first-order valence-electron chi connectivity index (χ1n) is 5.57. The molecule has 0 saturated heterocycles. The first kappa shape index (κ1) is 14.3. The molecule has 1 heterocycles. The number of rotatable bonds is 3. The predicted octanol–water partition coefficient (Wildman–Crippen LogP) is 2.72.